The molecule has 7 nitrogen and oxygen atoms in total. The van der Waals surface area contributed by atoms with E-state index >= 15 is 0 Å². The third kappa shape index (κ3) is 3.09. The van der Waals surface area contributed by atoms with Crippen LogP contribution in [0.5, 0.6) is 0 Å². The summed E-state index contributed by atoms with van der Waals surface area (Å²) in [7, 11) is 0. The van der Waals surface area contributed by atoms with Gasteiger partial charge in [-0.1, -0.05) is 0 Å². The molecule has 0 atom stereocenters. The van der Waals surface area contributed by atoms with E-state index in [0.717, 1.165) is 10.6 Å². The number of aromatic amines is 1. The highest BCUT2D eigenvalue weighted by atomic mass is 19.4. The van der Waals surface area contributed by atoms with E-state index in [-0.39, 0.29) is 29.3 Å². The smallest absolute Gasteiger partial charge is 0.291 e. The number of aromatic nitrogens is 7. The topological polar surface area (TPSA) is 84.7 Å². The predicted octanol–water partition coefficient (Wildman–Crippen LogP) is 2.80. The minimum atomic E-state index is -4.78. The zero-order valence-corrected chi connectivity index (χ0v) is 13.2. The number of hydrogen-bond acceptors (Lipinski definition) is 5. The summed E-state index contributed by atoms with van der Waals surface area (Å²) >= 11 is 0. The van der Waals surface area contributed by atoms with Crippen LogP contribution in [0.2, 0.25) is 0 Å². The second-order valence-corrected chi connectivity index (χ2v) is 5.54. The number of alkyl halides is 3. The first-order valence-electron chi connectivity index (χ1n) is 7.43. The van der Waals surface area contributed by atoms with Gasteiger partial charge < -0.3 is 0 Å². The Labute approximate surface area is 146 Å². The van der Waals surface area contributed by atoms with Gasteiger partial charge in [-0.2, -0.15) is 13.2 Å². The number of nitrogens with one attached hydrogen (secondary N) is 1. The lowest BCUT2D eigenvalue weighted by Gasteiger charge is -2.01. The van der Waals surface area contributed by atoms with E-state index in [4.69, 9.17) is 0 Å². The van der Waals surface area contributed by atoms with Gasteiger partial charge in [0.1, 0.15) is 17.7 Å². The number of pyridine rings is 1. The second-order valence-electron chi connectivity index (χ2n) is 5.54. The van der Waals surface area contributed by atoms with Gasteiger partial charge in [-0.05, 0) is 5.56 Å². The van der Waals surface area contributed by atoms with Crippen molar-refractivity contribution in [3.05, 3.63) is 59.7 Å². The first-order valence-corrected chi connectivity index (χ1v) is 7.43. The van der Waals surface area contributed by atoms with Crippen molar-refractivity contribution < 1.29 is 22.0 Å². The van der Waals surface area contributed by atoms with Crippen LogP contribution in [0.25, 0.3) is 17.2 Å². The molecule has 0 fully saturated rings. The van der Waals surface area contributed by atoms with Gasteiger partial charge in [0, 0.05) is 31.1 Å². The molecule has 0 radical (unpaired) electrons. The monoisotopic (exact) mass is 381 g/mol. The molecule has 1 N–H and O–H groups in total. The van der Waals surface area contributed by atoms with E-state index in [1.54, 1.807) is 0 Å². The minimum absolute atomic E-state index is 0.0765. The highest BCUT2D eigenvalue weighted by Crippen LogP contribution is 2.29. The Morgan fingerprint density at radius 2 is 1.81 bits per heavy atom. The van der Waals surface area contributed by atoms with Crippen molar-refractivity contribution in [2.75, 3.05) is 0 Å². The zero-order chi connectivity index (χ0) is 19.2. The number of H-pyrrole nitrogens is 1. The SMILES string of the molecule is Fc1cc(F)c2c(Cc3cncnc3)nc(-c3nc(C(F)(F)F)n[nH]3)n2c1. The number of hydrogen-bond donors (Lipinski definition) is 1. The van der Waals surface area contributed by atoms with E-state index in [0.29, 0.717) is 11.6 Å². The summed E-state index contributed by atoms with van der Waals surface area (Å²) < 4.78 is 67.3. The molecule has 0 spiro atoms. The van der Waals surface area contributed by atoms with E-state index in [2.05, 4.69) is 30.1 Å². The van der Waals surface area contributed by atoms with E-state index in [9.17, 15) is 22.0 Å². The van der Waals surface area contributed by atoms with Gasteiger partial charge in [-0.25, -0.2) is 28.7 Å². The van der Waals surface area contributed by atoms with Crippen LogP contribution in [0.4, 0.5) is 22.0 Å². The summed E-state index contributed by atoms with van der Waals surface area (Å²) in [5, 5.41) is 5.19. The van der Waals surface area contributed by atoms with Crippen molar-refractivity contribution in [3.8, 4) is 11.6 Å². The van der Waals surface area contributed by atoms with Gasteiger partial charge in [0.15, 0.2) is 17.5 Å². The summed E-state index contributed by atoms with van der Waals surface area (Å²) in [6.07, 6.45) is 0.478. The molecule has 4 aromatic rings. The Hall–Kier alpha value is -3.44. The molecule has 0 unspecified atom stereocenters. The molecule has 4 aromatic heterocycles. The lowest BCUT2D eigenvalue weighted by atomic mass is 10.1. The summed E-state index contributed by atoms with van der Waals surface area (Å²) in [5.41, 5.74) is 0.642. The molecule has 0 saturated heterocycles. The number of halogens is 5. The van der Waals surface area contributed by atoms with Crippen LogP contribution in [0.3, 0.4) is 0 Å². The molecule has 27 heavy (non-hydrogen) atoms. The fourth-order valence-corrected chi connectivity index (χ4v) is 2.60. The lowest BCUT2D eigenvalue weighted by Crippen LogP contribution is -2.07. The maximum atomic E-state index is 14.4. The van der Waals surface area contributed by atoms with Crippen molar-refractivity contribution in [1.29, 1.82) is 0 Å². The van der Waals surface area contributed by atoms with Crippen LogP contribution in [0, 0.1) is 11.6 Å². The van der Waals surface area contributed by atoms with Crippen molar-refractivity contribution >= 4 is 5.52 Å². The van der Waals surface area contributed by atoms with Gasteiger partial charge in [0.05, 0.1) is 5.69 Å². The molecule has 4 heterocycles. The molecular weight excluding hydrogens is 373 g/mol. The van der Waals surface area contributed by atoms with E-state index in [1.807, 2.05) is 0 Å². The normalized spacial score (nSPS) is 12.0. The molecule has 4 rings (SSSR count). The molecule has 0 aliphatic heterocycles. The molecule has 0 aromatic carbocycles. The Morgan fingerprint density at radius 1 is 1.07 bits per heavy atom. The average Bonchev–Trinajstić information content (AvgIpc) is 3.21. The summed E-state index contributed by atoms with van der Waals surface area (Å²) in [6, 6.07) is 0.660. The van der Waals surface area contributed by atoms with Crippen LogP contribution in [0.15, 0.2) is 31.0 Å². The highest BCUT2D eigenvalue weighted by molar-refractivity contribution is 5.63. The number of nitrogens with zero attached hydrogens (tertiary/aromatic N) is 6. The number of imidazole rings is 1. The summed E-state index contributed by atoms with van der Waals surface area (Å²) in [5.74, 6) is -3.85. The lowest BCUT2D eigenvalue weighted by molar-refractivity contribution is -0.144. The van der Waals surface area contributed by atoms with Gasteiger partial charge >= 0.3 is 6.18 Å². The van der Waals surface area contributed by atoms with Crippen molar-refractivity contribution in [2.24, 2.45) is 0 Å². The maximum Gasteiger partial charge on any atom is 0.453 e. The molecule has 0 amide bonds. The van der Waals surface area contributed by atoms with E-state index in [1.165, 1.54) is 18.7 Å². The number of fused-ring (bicyclic) bond motifs is 1. The second kappa shape index (κ2) is 6.07. The minimum Gasteiger partial charge on any atom is -0.291 e. The first-order chi connectivity index (χ1) is 12.8. The van der Waals surface area contributed by atoms with Gasteiger partial charge in [-0.3, -0.25) is 9.50 Å². The molecule has 0 aliphatic carbocycles. The predicted molar refractivity (Wildman–Crippen MR) is 80.3 cm³/mol. The number of rotatable bonds is 3. The molecule has 0 aliphatic rings. The van der Waals surface area contributed by atoms with Gasteiger partial charge in [0.2, 0.25) is 0 Å². The maximum absolute atomic E-state index is 14.4. The Kier molecular flexibility index (Phi) is 3.82. The highest BCUT2D eigenvalue weighted by Gasteiger charge is 2.36. The van der Waals surface area contributed by atoms with Gasteiger partial charge in [0.25, 0.3) is 5.82 Å². The molecular formula is C15H8F5N7. The third-order valence-electron chi connectivity index (χ3n) is 3.66. The van der Waals surface area contributed by atoms with Crippen molar-refractivity contribution in [2.45, 2.75) is 12.6 Å². The average molecular weight is 381 g/mol. The Morgan fingerprint density at radius 3 is 2.48 bits per heavy atom. The van der Waals surface area contributed by atoms with Gasteiger partial charge in [-0.15, -0.1) is 5.10 Å². The van der Waals surface area contributed by atoms with Crippen LogP contribution in [-0.4, -0.2) is 34.5 Å². The van der Waals surface area contributed by atoms with Crippen molar-refractivity contribution in [1.82, 2.24) is 34.5 Å². The van der Waals surface area contributed by atoms with Crippen LogP contribution in [-0.2, 0) is 12.6 Å². The molecule has 0 saturated carbocycles. The fourth-order valence-electron chi connectivity index (χ4n) is 2.60. The largest absolute Gasteiger partial charge is 0.453 e. The van der Waals surface area contributed by atoms with Crippen LogP contribution >= 0.6 is 0 Å². The fraction of sp³-hybridized carbons (Fsp3) is 0.133. The van der Waals surface area contributed by atoms with Crippen LogP contribution in [0.1, 0.15) is 17.1 Å². The molecule has 0 bridgehead atoms. The summed E-state index contributed by atoms with van der Waals surface area (Å²) in [6.45, 7) is 0. The molecule has 138 valence electrons. The van der Waals surface area contributed by atoms with E-state index < -0.39 is 23.6 Å². The Balaban J connectivity index is 1.89. The standard InChI is InChI=1S/C15H8F5N7/c16-8-2-9(17)11-10(1-7-3-21-6-22-4-7)23-13(27(11)5-8)12-24-14(26-25-12)15(18,19)20/h2-6H,1H2,(H,24,25,26). The van der Waals surface area contributed by atoms with Crippen LogP contribution < -0.4 is 0 Å². The Bertz CT molecular complexity index is 1120. The molecule has 12 heteroatoms. The summed E-state index contributed by atoms with van der Waals surface area (Å²) in [4.78, 5) is 15.2. The quantitative estimate of drug-likeness (QED) is 0.552. The first kappa shape index (κ1) is 17.0. The zero-order valence-electron chi connectivity index (χ0n) is 13.2. The van der Waals surface area contributed by atoms with Crippen molar-refractivity contribution in [3.63, 3.8) is 0 Å². The third-order valence-corrected chi connectivity index (χ3v) is 3.66.